The van der Waals surface area contributed by atoms with Crippen LogP contribution in [-0.4, -0.2) is 42.0 Å². The minimum Gasteiger partial charge on any atom is -0.361 e. The lowest BCUT2D eigenvalue weighted by atomic mass is 9.95. The van der Waals surface area contributed by atoms with E-state index in [0.717, 1.165) is 21.9 Å². The third-order valence-electron chi connectivity index (χ3n) is 5.07. The minimum absolute atomic E-state index is 0.00297. The number of likely N-dealkylation sites (tertiary alicyclic amines) is 1. The van der Waals surface area contributed by atoms with E-state index in [9.17, 15) is 9.59 Å². The summed E-state index contributed by atoms with van der Waals surface area (Å²) in [6.45, 7) is 5.06. The quantitative estimate of drug-likeness (QED) is 0.798. The molecular formula is C20H25N3O3S. The fraction of sp³-hybridized carbons (Fsp3) is 0.450. The lowest BCUT2D eigenvalue weighted by molar-refractivity contribution is -0.125. The number of aromatic nitrogens is 1. The van der Waals surface area contributed by atoms with Gasteiger partial charge in [0.2, 0.25) is 5.91 Å². The Kier molecular flexibility index (Phi) is 6.21. The number of thioether (sulfide) groups is 1. The van der Waals surface area contributed by atoms with Crippen LogP contribution in [0.3, 0.4) is 0 Å². The first-order chi connectivity index (χ1) is 13.0. The molecule has 3 rings (SSSR count). The van der Waals surface area contributed by atoms with Gasteiger partial charge in [0, 0.05) is 42.3 Å². The molecule has 0 bridgehead atoms. The van der Waals surface area contributed by atoms with Crippen molar-refractivity contribution in [2.75, 3.05) is 20.1 Å². The van der Waals surface area contributed by atoms with Gasteiger partial charge in [0.05, 0.1) is 11.3 Å². The lowest BCUT2D eigenvalue weighted by Gasteiger charge is -2.31. The molecule has 1 aliphatic rings. The van der Waals surface area contributed by atoms with Gasteiger partial charge in [-0.1, -0.05) is 17.3 Å². The molecule has 0 radical (unpaired) electrons. The summed E-state index contributed by atoms with van der Waals surface area (Å²) in [4.78, 5) is 27.6. The molecule has 144 valence electrons. The van der Waals surface area contributed by atoms with E-state index in [-0.39, 0.29) is 17.7 Å². The summed E-state index contributed by atoms with van der Waals surface area (Å²) in [5, 5.41) is 6.69. The van der Waals surface area contributed by atoms with Gasteiger partial charge in [-0.3, -0.25) is 9.59 Å². The molecule has 1 aromatic carbocycles. The van der Waals surface area contributed by atoms with Crippen molar-refractivity contribution in [2.45, 2.75) is 37.3 Å². The second kappa shape index (κ2) is 8.61. The highest BCUT2D eigenvalue weighted by Crippen LogP contribution is 2.30. The van der Waals surface area contributed by atoms with Crippen molar-refractivity contribution >= 4 is 23.6 Å². The van der Waals surface area contributed by atoms with Gasteiger partial charge in [0.25, 0.3) is 5.91 Å². The zero-order valence-corrected chi connectivity index (χ0v) is 16.8. The molecule has 0 atom stereocenters. The van der Waals surface area contributed by atoms with Crippen LogP contribution in [0.15, 0.2) is 33.7 Å². The summed E-state index contributed by atoms with van der Waals surface area (Å²) in [6, 6.07) is 7.70. The summed E-state index contributed by atoms with van der Waals surface area (Å²) in [6.07, 6.45) is 1.42. The van der Waals surface area contributed by atoms with Crippen LogP contribution >= 0.6 is 11.8 Å². The number of rotatable bonds is 5. The van der Waals surface area contributed by atoms with Gasteiger partial charge in [-0.2, -0.15) is 0 Å². The number of amides is 2. The second-order valence-corrected chi connectivity index (χ2v) is 7.79. The molecule has 27 heavy (non-hydrogen) atoms. The molecule has 0 saturated carbocycles. The highest BCUT2D eigenvalue weighted by Gasteiger charge is 2.28. The second-order valence-electron chi connectivity index (χ2n) is 6.77. The van der Waals surface area contributed by atoms with Crippen LogP contribution in [0.25, 0.3) is 0 Å². The summed E-state index contributed by atoms with van der Waals surface area (Å²) >= 11 is 1.62. The number of nitrogens with zero attached hydrogens (tertiary/aromatic N) is 2. The number of aryl methyl sites for hydroxylation is 2. The van der Waals surface area contributed by atoms with Crippen LogP contribution in [0.4, 0.5) is 0 Å². The van der Waals surface area contributed by atoms with E-state index in [1.54, 1.807) is 18.8 Å². The van der Waals surface area contributed by atoms with E-state index in [4.69, 9.17) is 4.52 Å². The molecule has 1 fully saturated rings. The molecule has 1 aliphatic heterocycles. The van der Waals surface area contributed by atoms with Gasteiger partial charge < -0.3 is 14.7 Å². The SMILES string of the molecule is CNC(=O)C1CCN(C(=O)c2ccccc2SCc2c(C)noc2C)CC1. The highest BCUT2D eigenvalue weighted by atomic mass is 32.2. The maximum absolute atomic E-state index is 13.0. The topological polar surface area (TPSA) is 75.4 Å². The number of hydrogen-bond acceptors (Lipinski definition) is 5. The summed E-state index contributed by atoms with van der Waals surface area (Å²) < 4.78 is 5.22. The molecule has 0 unspecified atom stereocenters. The van der Waals surface area contributed by atoms with E-state index in [0.29, 0.717) is 37.2 Å². The Hall–Kier alpha value is -2.28. The Morgan fingerprint density at radius 2 is 1.96 bits per heavy atom. The predicted octanol–water partition coefficient (Wildman–Crippen LogP) is 3.18. The summed E-state index contributed by atoms with van der Waals surface area (Å²) in [5.74, 6) is 1.64. The number of hydrogen-bond donors (Lipinski definition) is 1. The highest BCUT2D eigenvalue weighted by molar-refractivity contribution is 7.98. The van der Waals surface area contributed by atoms with E-state index in [1.165, 1.54) is 0 Å². The molecule has 7 heteroatoms. The largest absolute Gasteiger partial charge is 0.361 e. The van der Waals surface area contributed by atoms with Crippen LogP contribution in [0, 0.1) is 19.8 Å². The Morgan fingerprint density at radius 3 is 2.59 bits per heavy atom. The average Bonchev–Trinajstić information content (AvgIpc) is 3.03. The van der Waals surface area contributed by atoms with Crippen molar-refractivity contribution in [1.29, 1.82) is 0 Å². The molecule has 2 aromatic rings. The van der Waals surface area contributed by atoms with Gasteiger partial charge in [0.15, 0.2) is 0 Å². The number of carbonyl (C=O) groups is 2. The molecule has 6 nitrogen and oxygen atoms in total. The standard InChI is InChI=1S/C20H25N3O3S/c1-13-17(14(2)26-22-13)12-27-18-7-5-4-6-16(18)20(25)23-10-8-15(9-11-23)19(24)21-3/h4-7,15H,8-12H2,1-3H3,(H,21,24). The maximum atomic E-state index is 13.0. The van der Waals surface area contributed by atoms with Crippen molar-refractivity contribution in [3.05, 3.63) is 46.8 Å². The van der Waals surface area contributed by atoms with Crippen molar-refractivity contribution in [3.8, 4) is 0 Å². The van der Waals surface area contributed by atoms with Crippen LogP contribution < -0.4 is 5.32 Å². The molecule has 1 aromatic heterocycles. The van der Waals surface area contributed by atoms with Gasteiger partial charge in [-0.15, -0.1) is 11.8 Å². The molecule has 2 heterocycles. The lowest BCUT2D eigenvalue weighted by Crippen LogP contribution is -2.42. The Labute approximate surface area is 163 Å². The van der Waals surface area contributed by atoms with Gasteiger partial charge in [-0.25, -0.2) is 0 Å². The Balaban J connectivity index is 1.68. The van der Waals surface area contributed by atoms with Crippen LogP contribution in [0.5, 0.6) is 0 Å². The first-order valence-electron chi connectivity index (χ1n) is 9.15. The third-order valence-corrected chi connectivity index (χ3v) is 6.17. The Morgan fingerprint density at radius 1 is 1.26 bits per heavy atom. The zero-order chi connectivity index (χ0) is 19.4. The fourth-order valence-corrected chi connectivity index (χ4v) is 4.54. The number of piperidine rings is 1. The van der Waals surface area contributed by atoms with Gasteiger partial charge >= 0.3 is 0 Å². The molecule has 0 spiro atoms. The van der Waals surface area contributed by atoms with Gasteiger partial charge in [0.1, 0.15) is 5.76 Å². The first-order valence-corrected chi connectivity index (χ1v) is 10.1. The number of nitrogens with one attached hydrogen (secondary N) is 1. The van der Waals surface area contributed by atoms with E-state index in [1.807, 2.05) is 43.0 Å². The van der Waals surface area contributed by atoms with Crippen molar-refractivity contribution in [2.24, 2.45) is 5.92 Å². The average molecular weight is 388 g/mol. The van der Waals surface area contributed by atoms with Crippen molar-refractivity contribution < 1.29 is 14.1 Å². The van der Waals surface area contributed by atoms with Crippen LogP contribution in [0.2, 0.25) is 0 Å². The number of benzene rings is 1. The predicted molar refractivity (Wildman–Crippen MR) is 105 cm³/mol. The van der Waals surface area contributed by atoms with Crippen LogP contribution in [-0.2, 0) is 10.5 Å². The molecule has 1 saturated heterocycles. The number of carbonyl (C=O) groups excluding carboxylic acids is 2. The van der Waals surface area contributed by atoms with Gasteiger partial charge in [-0.05, 0) is 38.8 Å². The van der Waals surface area contributed by atoms with E-state index >= 15 is 0 Å². The van der Waals surface area contributed by atoms with E-state index in [2.05, 4.69) is 10.5 Å². The normalized spacial score (nSPS) is 15.0. The molecule has 0 aliphatic carbocycles. The van der Waals surface area contributed by atoms with Crippen molar-refractivity contribution in [1.82, 2.24) is 15.4 Å². The first kappa shape index (κ1) is 19.5. The van der Waals surface area contributed by atoms with E-state index < -0.39 is 0 Å². The maximum Gasteiger partial charge on any atom is 0.254 e. The Bertz CT molecular complexity index is 806. The summed E-state index contributed by atoms with van der Waals surface area (Å²) in [7, 11) is 1.66. The zero-order valence-electron chi connectivity index (χ0n) is 15.9. The molecular weight excluding hydrogens is 362 g/mol. The third kappa shape index (κ3) is 4.35. The van der Waals surface area contributed by atoms with Crippen molar-refractivity contribution in [3.63, 3.8) is 0 Å². The molecule has 2 amide bonds. The van der Waals surface area contributed by atoms with Crippen LogP contribution in [0.1, 0.15) is 40.2 Å². The fourth-order valence-electron chi connectivity index (χ4n) is 3.35. The monoisotopic (exact) mass is 387 g/mol. The molecule has 1 N–H and O–H groups in total. The smallest absolute Gasteiger partial charge is 0.254 e. The minimum atomic E-state index is 0.00297. The summed E-state index contributed by atoms with van der Waals surface area (Å²) in [5.41, 5.74) is 2.68.